The van der Waals surface area contributed by atoms with Crippen molar-refractivity contribution in [2.45, 2.75) is 26.2 Å². The van der Waals surface area contributed by atoms with Crippen molar-refractivity contribution in [3.63, 3.8) is 0 Å². The van der Waals surface area contributed by atoms with Gasteiger partial charge in [-0.3, -0.25) is 9.10 Å². The minimum atomic E-state index is -3.53. The van der Waals surface area contributed by atoms with Crippen LogP contribution in [0.5, 0.6) is 0 Å². The quantitative estimate of drug-likeness (QED) is 0.694. The molecule has 0 atom stereocenters. The van der Waals surface area contributed by atoms with Crippen molar-refractivity contribution >= 4 is 21.6 Å². The van der Waals surface area contributed by atoms with E-state index >= 15 is 0 Å². The molecule has 0 fully saturated rings. The largest absolute Gasteiger partial charge is 0.385 e. The Morgan fingerprint density at radius 3 is 2.35 bits per heavy atom. The van der Waals surface area contributed by atoms with Crippen molar-refractivity contribution in [2.75, 3.05) is 37.4 Å². The molecule has 0 aliphatic heterocycles. The number of carbonyl (C=O) groups is 1. The summed E-state index contributed by atoms with van der Waals surface area (Å²) in [6.45, 7) is 4.91. The van der Waals surface area contributed by atoms with Crippen LogP contribution in [-0.4, -0.2) is 47.4 Å². The number of nitrogens with zero attached hydrogens (tertiary/aromatic N) is 1. The molecular formula is C16H26N2O4S. The molecule has 0 aliphatic rings. The summed E-state index contributed by atoms with van der Waals surface area (Å²) < 4.78 is 30.0. The van der Waals surface area contributed by atoms with Gasteiger partial charge in [-0.15, -0.1) is 0 Å². The van der Waals surface area contributed by atoms with Crippen LogP contribution in [0.3, 0.4) is 0 Å². The molecule has 1 amide bonds. The van der Waals surface area contributed by atoms with Crippen molar-refractivity contribution in [3.05, 3.63) is 29.8 Å². The number of sulfonamides is 1. The second-order valence-electron chi connectivity index (χ2n) is 5.71. The lowest BCUT2D eigenvalue weighted by atomic mass is 10.0. The molecule has 1 N–H and O–H groups in total. The van der Waals surface area contributed by atoms with Crippen LogP contribution < -0.4 is 9.62 Å². The van der Waals surface area contributed by atoms with E-state index < -0.39 is 10.0 Å². The number of carbonyl (C=O) groups excluding carboxylic acids is 1. The fourth-order valence-electron chi connectivity index (χ4n) is 2.06. The molecule has 130 valence electrons. The first-order valence-electron chi connectivity index (χ1n) is 7.59. The highest BCUT2D eigenvalue weighted by Gasteiger charge is 2.20. The molecule has 0 saturated heterocycles. The van der Waals surface area contributed by atoms with Gasteiger partial charge in [0.25, 0.3) is 0 Å². The van der Waals surface area contributed by atoms with Gasteiger partial charge in [0.2, 0.25) is 15.9 Å². The van der Waals surface area contributed by atoms with E-state index in [0.717, 1.165) is 16.1 Å². The minimum absolute atomic E-state index is 0.229. The summed E-state index contributed by atoms with van der Waals surface area (Å²) in [5.41, 5.74) is 1.61. The van der Waals surface area contributed by atoms with E-state index in [-0.39, 0.29) is 12.5 Å². The van der Waals surface area contributed by atoms with Gasteiger partial charge in [-0.25, -0.2) is 8.42 Å². The second-order valence-corrected chi connectivity index (χ2v) is 7.62. The topological polar surface area (TPSA) is 75.7 Å². The fourth-order valence-corrected chi connectivity index (χ4v) is 2.91. The van der Waals surface area contributed by atoms with Crippen LogP contribution in [0.4, 0.5) is 5.69 Å². The lowest BCUT2D eigenvalue weighted by molar-refractivity contribution is -0.119. The van der Waals surface area contributed by atoms with Crippen LogP contribution in [0.2, 0.25) is 0 Å². The monoisotopic (exact) mass is 342 g/mol. The van der Waals surface area contributed by atoms with Crippen molar-refractivity contribution in [2.24, 2.45) is 0 Å². The highest BCUT2D eigenvalue weighted by molar-refractivity contribution is 7.92. The van der Waals surface area contributed by atoms with E-state index in [2.05, 4.69) is 19.2 Å². The molecular weight excluding hydrogens is 316 g/mol. The number of anilines is 1. The van der Waals surface area contributed by atoms with E-state index in [4.69, 9.17) is 4.74 Å². The summed E-state index contributed by atoms with van der Waals surface area (Å²) in [6, 6.07) is 7.23. The maximum Gasteiger partial charge on any atom is 0.240 e. The second kappa shape index (κ2) is 8.88. The molecule has 0 spiro atoms. The number of amides is 1. The summed E-state index contributed by atoms with van der Waals surface area (Å²) in [5.74, 6) is 0.0271. The van der Waals surface area contributed by atoms with Gasteiger partial charge in [0.05, 0.1) is 11.9 Å². The Bertz CT molecular complexity index is 597. The van der Waals surface area contributed by atoms with Gasteiger partial charge in [0.15, 0.2) is 0 Å². The third kappa shape index (κ3) is 6.58. The van der Waals surface area contributed by atoms with Gasteiger partial charge in [-0.2, -0.15) is 0 Å². The molecule has 0 saturated carbocycles. The van der Waals surface area contributed by atoms with Crippen LogP contribution in [0, 0.1) is 0 Å². The molecule has 0 aliphatic carbocycles. The lowest BCUT2D eigenvalue weighted by Gasteiger charge is -2.22. The Hall–Kier alpha value is -1.60. The molecule has 1 rings (SSSR count). The zero-order valence-corrected chi connectivity index (χ0v) is 15.0. The first-order valence-corrected chi connectivity index (χ1v) is 9.44. The van der Waals surface area contributed by atoms with Gasteiger partial charge in [0, 0.05) is 20.3 Å². The molecule has 0 heterocycles. The van der Waals surface area contributed by atoms with Crippen molar-refractivity contribution in [1.29, 1.82) is 0 Å². The average molecular weight is 342 g/mol. The Morgan fingerprint density at radius 1 is 1.26 bits per heavy atom. The zero-order valence-electron chi connectivity index (χ0n) is 14.2. The van der Waals surface area contributed by atoms with Gasteiger partial charge >= 0.3 is 0 Å². The first kappa shape index (κ1) is 19.4. The summed E-state index contributed by atoms with van der Waals surface area (Å²) in [4.78, 5) is 12.0. The van der Waals surface area contributed by atoms with Crippen LogP contribution in [-0.2, 0) is 19.6 Å². The summed E-state index contributed by atoms with van der Waals surface area (Å²) >= 11 is 0. The number of rotatable bonds is 9. The van der Waals surface area contributed by atoms with Gasteiger partial charge in [0.1, 0.15) is 6.54 Å². The van der Waals surface area contributed by atoms with Crippen molar-refractivity contribution in [1.82, 2.24) is 5.32 Å². The third-order valence-corrected chi connectivity index (χ3v) is 4.52. The molecule has 0 bridgehead atoms. The molecule has 7 heteroatoms. The number of ether oxygens (including phenoxy) is 1. The number of nitrogens with one attached hydrogen (secondary N) is 1. The zero-order chi connectivity index (χ0) is 17.5. The number of hydrogen-bond acceptors (Lipinski definition) is 4. The molecule has 1 aromatic rings. The lowest BCUT2D eigenvalue weighted by Crippen LogP contribution is -2.40. The predicted octanol–water partition coefficient (Wildman–Crippen LogP) is 1.73. The van der Waals surface area contributed by atoms with Crippen LogP contribution in [0.25, 0.3) is 0 Å². The Morgan fingerprint density at radius 2 is 1.87 bits per heavy atom. The maximum atomic E-state index is 12.0. The van der Waals surface area contributed by atoms with Gasteiger partial charge in [-0.05, 0) is 30.0 Å². The Balaban J connectivity index is 2.79. The molecule has 0 radical (unpaired) electrons. The molecule has 0 unspecified atom stereocenters. The fraction of sp³-hybridized carbons (Fsp3) is 0.562. The van der Waals surface area contributed by atoms with Crippen LogP contribution in [0.1, 0.15) is 31.7 Å². The molecule has 0 aromatic heterocycles. The summed E-state index contributed by atoms with van der Waals surface area (Å²) in [5, 5.41) is 2.69. The molecule has 23 heavy (non-hydrogen) atoms. The smallest absolute Gasteiger partial charge is 0.240 e. The highest BCUT2D eigenvalue weighted by Crippen LogP contribution is 2.21. The molecule has 6 nitrogen and oxygen atoms in total. The maximum absolute atomic E-state index is 12.0. The van der Waals surface area contributed by atoms with Crippen LogP contribution >= 0.6 is 0 Å². The van der Waals surface area contributed by atoms with E-state index in [1.54, 1.807) is 19.2 Å². The number of methoxy groups -OCH3 is 1. The normalized spacial score (nSPS) is 11.5. The number of hydrogen-bond donors (Lipinski definition) is 1. The van der Waals surface area contributed by atoms with Gasteiger partial charge < -0.3 is 10.1 Å². The Kier molecular flexibility index (Phi) is 7.51. The van der Waals surface area contributed by atoms with Gasteiger partial charge in [-0.1, -0.05) is 26.0 Å². The predicted molar refractivity (Wildman–Crippen MR) is 92.2 cm³/mol. The molecule has 1 aromatic carbocycles. The van der Waals surface area contributed by atoms with E-state index in [1.807, 2.05) is 12.1 Å². The van der Waals surface area contributed by atoms with E-state index in [1.165, 1.54) is 0 Å². The minimum Gasteiger partial charge on any atom is -0.385 e. The van der Waals surface area contributed by atoms with Crippen LogP contribution in [0.15, 0.2) is 24.3 Å². The third-order valence-electron chi connectivity index (χ3n) is 3.38. The number of benzene rings is 1. The average Bonchev–Trinajstić information content (AvgIpc) is 2.48. The van der Waals surface area contributed by atoms with Crippen molar-refractivity contribution < 1.29 is 17.9 Å². The van der Waals surface area contributed by atoms with E-state index in [9.17, 15) is 13.2 Å². The Labute approximate surface area is 138 Å². The first-order chi connectivity index (χ1) is 10.8. The van der Waals surface area contributed by atoms with E-state index in [0.29, 0.717) is 31.2 Å². The summed E-state index contributed by atoms with van der Waals surface area (Å²) in [7, 11) is -1.94. The standard InChI is InChI=1S/C16H26N2O4S/c1-13(2)14-6-8-15(9-7-14)18(23(4,20)21)12-16(19)17-10-5-11-22-3/h6-9,13H,5,10-12H2,1-4H3,(H,17,19). The highest BCUT2D eigenvalue weighted by atomic mass is 32.2. The van der Waals surface area contributed by atoms with Crippen molar-refractivity contribution in [3.8, 4) is 0 Å². The SMILES string of the molecule is COCCCNC(=O)CN(c1ccc(C(C)C)cc1)S(C)(=O)=O. The summed E-state index contributed by atoms with van der Waals surface area (Å²) in [6.07, 6.45) is 1.78.